The van der Waals surface area contributed by atoms with Crippen LogP contribution in [0, 0.1) is 0 Å². The summed E-state index contributed by atoms with van der Waals surface area (Å²) < 4.78 is 26.8. The third kappa shape index (κ3) is 4.85. The number of imidazole rings is 1. The lowest BCUT2D eigenvalue weighted by Crippen LogP contribution is -2.46. The van der Waals surface area contributed by atoms with Gasteiger partial charge in [0.2, 0.25) is 10.0 Å². The number of sulfonamides is 1. The molecule has 3 heterocycles. The van der Waals surface area contributed by atoms with E-state index in [0.29, 0.717) is 37.2 Å². The molecule has 0 aliphatic carbocycles. The van der Waals surface area contributed by atoms with Gasteiger partial charge < -0.3 is 9.72 Å². The number of benzene rings is 1. The van der Waals surface area contributed by atoms with Gasteiger partial charge >= 0.3 is 0 Å². The quantitative estimate of drug-likeness (QED) is 0.591. The van der Waals surface area contributed by atoms with E-state index in [1.807, 2.05) is 59.3 Å². The van der Waals surface area contributed by atoms with Crippen LogP contribution in [0.4, 0.5) is 0 Å². The van der Waals surface area contributed by atoms with E-state index in [2.05, 4.69) is 10.3 Å². The average molecular weight is 445 g/mol. The highest BCUT2D eigenvalue weighted by molar-refractivity contribution is 7.98. The van der Waals surface area contributed by atoms with Gasteiger partial charge in [0.15, 0.2) is 0 Å². The molecule has 4 rings (SSSR count). The van der Waals surface area contributed by atoms with Crippen molar-refractivity contribution in [2.24, 2.45) is 0 Å². The number of rotatable bonds is 6. The second kappa shape index (κ2) is 8.79. The van der Waals surface area contributed by atoms with Crippen molar-refractivity contribution in [2.75, 3.05) is 19.3 Å². The van der Waals surface area contributed by atoms with E-state index in [-0.39, 0.29) is 11.9 Å². The van der Waals surface area contributed by atoms with Crippen molar-refractivity contribution in [3.8, 4) is 0 Å². The molecule has 1 aliphatic heterocycles. The Kier molecular flexibility index (Phi) is 6.12. The second-order valence-corrected chi connectivity index (χ2v) is 10.4. The van der Waals surface area contributed by atoms with Crippen LogP contribution in [0.2, 0.25) is 0 Å². The number of nitrogens with one attached hydrogen (secondary N) is 1. The summed E-state index contributed by atoms with van der Waals surface area (Å²) in [5.74, 6) is 0.546. The largest absolute Gasteiger partial charge is 0.349 e. The molecule has 1 saturated heterocycles. The Bertz CT molecular complexity index is 1120. The minimum absolute atomic E-state index is 0.0213. The predicted octanol–water partition coefficient (Wildman–Crippen LogP) is 2.78. The normalized spacial score (nSPS) is 16.0. The van der Waals surface area contributed by atoms with Crippen LogP contribution in [0.3, 0.4) is 0 Å². The first-order chi connectivity index (χ1) is 14.4. The number of thioether (sulfide) groups is 1. The molecule has 1 aliphatic rings. The fraction of sp³-hybridized carbons (Fsp3) is 0.333. The summed E-state index contributed by atoms with van der Waals surface area (Å²) in [5.41, 5.74) is 2.49. The van der Waals surface area contributed by atoms with Gasteiger partial charge in [-0.2, -0.15) is 0 Å². The van der Waals surface area contributed by atoms with Gasteiger partial charge in [-0.25, -0.2) is 17.7 Å². The van der Waals surface area contributed by atoms with Crippen LogP contribution >= 0.6 is 11.8 Å². The number of nitrogens with zero attached hydrogens (tertiary/aromatic N) is 3. The highest BCUT2D eigenvalue weighted by Crippen LogP contribution is 2.26. The number of fused-ring (bicyclic) bond motifs is 1. The monoisotopic (exact) mass is 444 g/mol. The van der Waals surface area contributed by atoms with Gasteiger partial charge in [0, 0.05) is 42.2 Å². The van der Waals surface area contributed by atoms with Crippen LogP contribution in [0.15, 0.2) is 59.8 Å². The molecule has 2 aromatic heterocycles. The molecule has 1 fully saturated rings. The Balaban J connectivity index is 1.39. The van der Waals surface area contributed by atoms with E-state index in [1.165, 1.54) is 10.6 Å². The number of aromatic nitrogens is 2. The van der Waals surface area contributed by atoms with Crippen LogP contribution in [-0.2, 0) is 15.8 Å². The molecule has 0 bridgehead atoms. The Morgan fingerprint density at radius 3 is 2.63 bits per heavy atom. The minimum Gasteiger partial charge on any atom is -0.349 e. The summed E-state index contributed by atoms with van der Waals surface area (Å²) in [6.45, 7) is 0.877. The molecule has 30 heavy (non-hydrogen) atoms. The average Bonchev–Trinajstić information content (AvgIpc) is 3.15. The van der Waals surface area contributed by atoms with E-state index >= 15 is 0 Å². The summed E-state index contributed by atoms with van der Waals surface area (Å²) in [7, 11) is -3.17. The maximum Gasteiger partial charge on any atom is 0.252 e. The molecule has 0 atom stereocenters. The van der Waals surface area contributed by atoms with Crippen LogP contribution < -0.4 is 5.32 Å². The van der Waals surface area contributed by atoms with Gasteiger partial charge in [-0.15, -0.1) is 11.8 Å². The summed E-state index contributed by atoms with van der Waals surface area (Å²) in [4.78, 5) is 18.4. The third-order valence-corrected chi connectivity index (χ3v) is 7.59. The number of hydrogen-bond acceptors (Lipinski definition) is 5. The van der Waals surface area contributed by atoms with E-state index < -0.39 is 10.0 Å². The lowest BCUT2D eigenvalue weighted by atomic mass is 10.1. The van der Waals surface area contributed by atoms with Crippen LogP contribution in [0.25, 0.3) is 5.65 Å². The summed E-state index contributed by atoms with van der Waals surface area (Å²) in [6, 6.07) is 13.4. The molecule has 158 valence electrons. The first-order valence-corrected chi connectivity index (χ1v) is 12.6. The lowest BCUT2D eigenvalue weighted by molar-refractivity contribution is 0.0921. The molecule has 0 saturated carbocycles. The second-order valence-electron chi connectivity index (χ2n) is 7.39. The topological polar surface area (TPSA) is 83.8 Å². The molecule has 1 aromatic carbocycles. The molecular weight excluding hydrogens is 420 g/mol. The summed E-state index contributed by atoms with van der Waals surface area (Å²) in [5, 5.41) is 3.07. The molecule has 0 spiro atoms. The summed E-state index contributed by atoms with van der Waals surface area (Å²) in [6.07, 6.45) is 6.43. The van der Waals surface area contributed by atoms with Crippen LogP contribution in [-0.4, -0.2) is 53.4 Å². The standard InChI is InChI=1S/C21H24N4O3S2/c1-30(27,28)25-12-9-16(10-13-25)23-21(26)18-6-2-3-7-19(18)29-15-17-14-24-11-5-4-8-20(24)22-17/h2-8,11,14,16H,9-10,12-13,15H2,1H3,(H,23,26). The molecule has 7 nitrogen and oxygen atoms in total. The number of pyridine rings is 1. The zero-order valence-corrected chi connectivity index (χ0v) is 18.3. The van der Waals surface area contributed by atoms with Crippen LogP contribution in [0.5, 0.6) is 0 Å². The number of carbonyl (C=O) groups excluding carboxylic acids is 1. The summed E-state index contributed by atoms with van der Waals surface area (Å²) >= 11 is 1.59. The Labute approximate surface area is 180 Å². The number of carbonyl (C=O) groups is 1. The maximum atomic E-state index is 12.9. The minimum atomic E-state index is -3.17. The lowest BCUT2D eigenvalue weighted by Gasteiger charge is -2.30. The molecule has 1 amide bonds. The van der Waals surface area contributed by atoms with Gasteiger partial charge in [0.25, 0.3) is 5.91 Å². The number of piperidine rings is 1. The van der Waals surface area contributed by atoms with E-state index in [0.717, 1.165) is 16.2 Å². The first-order valence-electron chi connectivity index (χ1n) is 9.80. The Hall–Kier alpha value is -2.36. The highest BCUT2D eigenvalue weighted by atomic mass is 32.2. The zero-order chi connectivity index (χ0) is 21.1. The van der Waals surface area contributed by atoms with E-state index in [9.17, 15) is 13.2 Å². The number of amides is 1. The van der Waals surface area contributed by atoms with Crippen molar-refractivity contribution >= 4 is 33.3 Å². The molecule has 0 unspecified atom stereocenters. The zero-order valence-electron chi connectivity index (χ0n) is 16.7. The SMILES string of the molecule is CS(=O)(=O)N1CCC(NC(=O)c2ccccc2SCc2cn3ccccc3n2)CC1. The van der Waals surface area contributed by atoms with Crippen molar-refractivity contribution in [2.45, 2.75) is 29.5 Å². The molecule has 9 heteroatoms. The smallest absolute Gasteiger partial charge is 0.252 e. The fourth-order valence-electron chi connectivity index (χ4n) is 3.58. The van der Waals surface area contributed by atoms with Crippen molar-refractivity contribution in [1.82, 2.24) is 19.0 Å². The number of hydrogen-bond donors (Lipinski definition) is 1. The predicted molar refractivity (Wildman–Crippen MR) is 118 cm³/mol. The highest BCUT2D eigenvalue weighted by Gasteiger charge is 2.26. The Morgan fingerprint density at radius 1 is 1.17 bits per heavy atom. The van der Waals surface area contributed by atoms with Gasteiger partial charge in [-0.3, -0.25) is 4.79 Å². The molecule has 1 N–H and O–H groups in total. The molecule has 0 radical (unpaired) electrons. The van der Waals surface area contributed by atoms with Gasteiger partial charge in [-0.05, 0) is 37.1 Å². The Morgan fingerprint density at radius 2 is 1.90 bits per heavy atom. The first kappa shape index (κ1) is 20.9. The molecule has 3 aromatic rings. The van der Waals surface area contributed by atoms with Crippen molar-refractivity contribution in [3.05, 3.63) is 66.1 Å². The van der Waals surface area contributed by atoms with Gasteiger partial charge in [0.05, 0.1) is 17.5 Å². The van der Waals surface area contributed by atoms with E-state index in [4.69, 9.17) is 0 Å². The van der Waals surface area contributed by atoms with Gasteiger partial charge in [0.1, 0.15) is 5.65 Å². The van der Waals surface area contributed by atoms with Crippen molar-refractivity contribution < 1.29 is 13.2 Å². The maximum absolute atomic E-state index is 12.9. The molecular formula is C21H24N4O3S2. The van der Waals surface area contributed by atoms with Gasteiger partial charge in [-0.1, -0.05) is 18.2 Å². The fourth-order valence-corrected chi connectivity index (χ4v) is 5.39. The van der Waals surface area contributed by atoms with E-state index in [1.54, 1.807) is 11.8 Å². The third-order valence-electron chi connectivity index (χ3n) is 5.18. The van der Waals surface area contributed by atoms with Crippen molar-refractivity contribution in [3.63, 3.8) is 0 Å². The van der Waals surface area contributed by atoms with Crippen molar-refractivity contribution in [1.29, 1.82) is 0 Å². The van der Waals surface area contributed by atoms with Crippen LogP contribution in [0.1, 0.15) is 28.9 Å².